The van der Waals surface area contributed by atoms with Gasteiger partial charge in [-0.1, -0.05) is 18.0 Å². The molecule has 2 atom stereocenters. The molecule has 2 aliphatic rings. The SMILES string of the molecule is O/N=C1\CCC2CCCC1C2. The average molecular weight is 153 g/mol. The third kappa shape index (κ3) is 1.26. The highest BCUT2D eigenvalue weighted by Gasteiger charge is 2.30. The van der Waals surface area contributed by atoms with Gasteiger partial charge in [-0.25, -0.2) is 0 Å². The van der Waals surface area contributed by atoms with Crippen molar-refractivity contribution in [1.29, 1.82) is 0 Å². The highest BCUT2D eigenvalue weighted by atomic mass is 16.4. The number of oxime groups is 1. The molecule has 0 heterocycles. The maximum Gasteiger partial charge on any atom is 0.0601 e. The summed E-state index contributed by atoms with van der Waals surface area (Å²) in [6.45, 7) is 0. The van der Waals surface area contributed by atoms with Gasteiger partial charge in [0.15, 0.2) is 0 Å². The molecule has 11 heavy (non-hydrogen) atoms. The largest absolute Gasteiger partial charge is 0.411 e. The van der Waals surface area contributed by atoms with Gasteiger partial charge in [0.25, 0.3) is 0 Å². The fourth-order valence-electron chi connectivity index (χ4n) is 2.54. The van der Waals surface area contributed by atoms with E-state index in [4.69, 9.17) is 5.21 Å². The summed E-state index contributed by atoms with van der Waals surface area (Å²) in [6.07, 6.45) is 7.61. The second kappa shape index (κ2) is 2.84. The molecule has 0 aromatic heterocycles. The lowest BCUT2D eigenvalue weighted by molar-refractivity contribution is 0.257. The van der Waals surface area contributed by atoms with Gasteiger partial charge in [0, 0.05) is 5.92 Å². The molecule has 2 aliphatic carbocycles. The summed E-state index contributed by atoms with van der Waals surface area (Å²) in [6, 6.07) is 0. The van der Waals surface area contributed by atoms with E-state index < -0.39 is 0 Å². The second-order valence-electron chi connectivity index (χ2n) is 3.86. The topological polar surface area (TPSA) is 32.6 Å². The van der Waals surface area contributed by atoms with Gasteiger partial charge in [-0.2, -0.15) is 0 Å². The maximum atomic E-state index is 8.69. The highest BCUT2D eigenvalue weighted by molar-refractivity contribution is 5.87. The zero-order chi connectivity index (χ0) is 7.68. The van der Waals surface area contributed by atoms with E-state index in [1.54, 1.807) is 0 Å². The summed E-state index contributed by atoms with van der Waals surface area (Å²) in [5, 5.41) is 12.1. The third-order valence-corrected chi connectivity index (χ3v) is 3.19. The van der Waals surface area contributed by atoms with Crippen molar-refractivity contribution in [2.75, 3.05) is 0 Å². The summed E-state index contributed by atoms with van der Waals surface area (Å²) in [5.74, 6) is 1.58. The fourth-order valence-corrected chi connectivity index (χ4v) is 2.54. The van der Waals surface area contributed by atoms with Crippen LogP contribution < -0.4 is 0 Å². The van der Waals surface area contributed by atoms with Gasteiger partial charge in [-0.15, -0.1) is 0 Å². The zero-order valence-corrected chi connectivity index (χ0v) is 6.79. The molecule has 2 bridgehead atoms. The van der Waals surface area contributed by atoms with Crippen LogP contribution in [0.1, 0.15) is 38.5 Å². The molecule has 0 saturated heterocycles. The minimum Gasteiger partial charge on any atom is -0.411 e. The smallest absolute Gasteiger partial charge is 0.0601 e. The van der Waals surface area contributed by atoms with Crippen molar-refractivity contribution in [3.05, 3.63) is 0 Å². The Bertz CT molecular complexity index is 176. The Balaban J connectivity index is 2.08. The van der Waals surface area contributed by atoms with Crippen LogP contribution in [0.25, 0.3) is 0 Å². The van der Waals surface area contributed by atoms with Gasteiger partial charge in [0.2, 0.25) is 0 Å². The van der Waals surface area contributed by atoms with Crippen molar-refractivity contribution in [2.24, 2.45) is 17.0 Å². The minimum absolute atomic E-state index is 0.632. The molecule has 2 nitrogen and oxygen atoms in total. The first-order valence-electron chi connectivity index (χ1n) is 4.61. The molecule has 0 amide bonds. The number of fused-ring (bicyclic) bond motifs is 2. The van der Waals surface area contributed by atoms with Crippen LogP contribution in [0.4, 0.5) is 0 Å². The lowest BCUT2D eigenvalue weighted by Crippen LogP contribution is -2.28. The van der Waals surface area contributed by atoms with E-state index in [9.17, 15) is 0 Å². The molecule has 2 rings (SSSR count). The molecule has 2 unspecified atom stereocenters. The Morgan fingerprint density at radius 3 is 3.00 bits per heavy atom. The standard InChI is InChI=1S/C9H15NO/c11-10-9-5-4-7-2-1-3-8(9)6-7/h7-8,11H,1-6H2/b10-9+. The van der Waals surface area contributed by atoms with Crippen molar-refractivity contribution in [1.82, 2.24) is 0 Å². The summed E-state index contributed by atoms with van der Waals surface area (Å²) >= 11 is 0. The van der Waals surface area contributed by atoms with E-state index in [0.29, 0.717) is 5.92 Å². The minimum atomic E-state index is 0.632. The summed E-state index contributed by atoms with van der Waals surface area (Å²) < 4.78 is 0. The highest BCUT2D eigenvalue weighted by Crippen LogP contribution is 2.38. The Labute approximate surface area is 67.3 Å². The van der Waals surface area contributed by atoms with Gasteiger partial charge in [0.1, 0.15) is 0 Å². The van der Waals surface area contributed by atoms with Crippen molar-refractivity contribution >= 4 is 5.71 Å². The van der Waals surface area contributed by atoms with Crippen LogP contribution in [0.15, 0.2) is 5.16 Å². The molecule has 0 aliphatic heterocycles. The van der Waals surface area contributed by atoms with Crippen LogP contribution in [0.5, 0.6) is 0 Å². The first-order chi connectivity index (χ1) is 5.40. The monoisotopic (exact) mass is 153 g/mol. The fraction of sp³-hybridized carbons (Fsp3) is 0.889. The normalized spacial score (nSPS) is 40.9. The zero-order valence-electron chi connectivity index (χ0n) is 6.79. The van der Waals surface area contributed by atoms with Crippen molar-refractivity contribution in [2.45, 2.75) is 38.5 Å². The van der Waals surface area contributed by atoms with E-state index in [1.807, 2.05) is 0 Å². The molecule has 0 spiro atoms. The Morgan fingerprint density at radius 2 is 2.18 bits per heavy atom. The van der Waals surface area contributed by atoms with Crippen LogP contribution in [0.3, 0.4) is 0 Å². The average Bonchev–Trinajstić information content (AvgIpc) is 2.06. The quantitative estimate of drug-likeness (QED) is 0.420. The van der Waals surface area contributed by atoms with E-state index in [0.717, 1.165) is 18.1 Å². The van der Waals surface area contributed by atoms with E-state index >= 15 is 0 Å². The lowest BCUT2D eigenvalue weighted by Gasteiger charge is -2.34. The van der Waals surface area contributed by atoms with E-state index in [1.165, 1.54) is 32.1 Å². The lowest BCUT2D eigenvalue weighted by atomic mass is 9.71. The van der Waals surface area contributed by atoms with E-state index in [2.05, 4.69) is 5.16 Å². The van der Waals surface area contributed by atoms with Crippen LogP contribution in [-0.4, -0.2) is 10.9 Å². The molecule has 0 aromatic carbocycles. The molecule has 2 saturated carbocycles. The van der Waals surface area contributed by atoms with Gasteiger partial charge in [-0.05, 0) is 31.6 Å². The maximum absolute atomic E-state index is 8.69. The predicted octanol–water partition coefficient (Wildman–Crippen LogP) is 2.42. The molecule has 62 valence electrons. The van der Waals surface area contributed by atoms with Crippen molar-refractivity contribution in [3.63, 3.8) is 0 Å². The van der Waals surface area contributed by atoms with Crippen LogP contribution in [0.2, 0.25) is 0 Å². The number of hydrogen-bond acceptors (Lipinski definition) is 2. The summed E-state index contributed by atoms with van der Waals surface area (Å²) in [4.78, 5) is 0. The molecule has 2 fully saturated rings. The number of nitrogens with zero attached hydrogens (tertiary/aromatic N) is 1. The van der Waals surface area contributed by atoms with Crippen molar-refractivity contribution in [3.8, 4) is 0 Å². The summed E-state index contributed by atoms with van der Waals surface area (Å²) in [7, 11) is 0. The molecule has 1 N–H and O–H groups in total. The number of rotatable bonds is 0. The summed E-state index contributed by atoms with van der Waals surface area (Å²) in [5.41, 5.74) is 1.07. The number of hydrogen-bond donors (Lipinski definition) is 1. The van der Waals surface area contributed by atoms with Gasteiger partial charge in [-0.3, -0.25) is 0 Å². The van der Waals surface area contributed by atoms with Crippen LogP contribution in [-0.2, 0) is 0 Å². The van der Waals surface area contributed by atoms with Crippen LogP contribution in [0, 0.1) is 11.8 Å². The molecular formula is C9H15NO. The molecular weight excluding hydrogens is 138 g/mol. The van der Waals surface area contributed by atoms with Gasteiger partial charge in [0.05, 0.1) is 5.71 Å². The first-order valence-corrected chi connectivity index (χ1v) is 4.61. The van der Waals surface area contributed by atoms with Crippen molar-refractivity contribution < 1.29 is 5.21 Å². The Hall–Kier alpha value is -0.530. The molecule has 2 heteroatoms. The first kappa shape index (κ1) is 7.14. The van der Waals surface area contributed by atoms with E-state index in [-0.39, 0.29) is 0 Å². The molecule has 0 radical (unpaired) electrons. The van der Waals surface area contributed by atoms with Crippen LogP contribution >= 0.6 is 0 Å². The van der Waals surface area contributed by atoms with Gasteiger partial charge >= 0.3 is 0 Å². The molecule has 0 aromatic rings. The Kier molecular flexibility index (Phi) is 1.84. The Morgan fingerprint density at radius 1 is 1.27 bits per heavy atom. The predicted molar refractivity (Wildman–Crippen MR) is 43.9 cm³/mol. The van der Waals surface area contributed by atoms with Gasteiger partial charge < -0.3 is 5.21 Å². The third-order valence-electron chi connectivity index (χ3n) is 3.19. The second-order valence-corrected chi connectivity index (χ2v) is 3.86.